The van der Waals surface area contributed by atoms with E-state index in [0.29, 0.717) is 11.3 Å². The van der Waals surface area contributed by atoms with Gasteiger partial charge in [-0.3, -0.25) is 0 Å². The van der Waals surface area contributed by atoms with Crippen LogP contribution in [0.2, 0.25) is 0 Å². The van der Waals surface area contributed by atoms with Crippen molar-refractivity contribution in [2.75, 3.05) is 0 Å². The molecule has 0 saturated heterocycles. The number of rotatable bonds is 2. The summed E-state index contributed by atoms with van der Waals surface area (Å²) in [5.41, 5.74) is 6.53. The second-order valence-electron chi connectivity index (χ2n) is 9.57. The van der Waals surface area contributed by atoms with Gasteiger partial charge in [-0.05, 0) is 73.7 Å². The number of hydrogen-bond acceptors (Lipinski definition) is 0. The molecule has 4 aliphatic rings. The third kappa shape index (κ3) is 2.25. The molecular formula is C25H34. The smallest absolute Gasteiger partial charge is 0.0284 e. The first-order valence-electron chi connectivity index (χ1n) is 10.3. The SMILES string of the molecule is C=C1C=CC2(C)C3=CCC4(C)C(C(=C)CC)CCC4C3C[C@H](C)C2=C1. The van der Waals surface area contributed by atoms with Gasteiger partial charge in [0.1, 0.15) is 0 Å². The molecule has 0 heteroatoms. The van der Waals surface area contributed by atoms with Crippen molar-refractivity contribution >= 4 is 0 Å². The standard InChI is InChI=1S/C25H34/c1-7-17(3)20-8-9-21-19-15-18(4)23-14-16(2)10-12-25(23,6)22(19)11-13-24(20,21)5/h10-12,14,18-21H,2-3,7-9,13,15H2,1,4-6H3/t18-,19?,20?,21?,24?,25?/m0/s1. The van der Waals surface area contributed by atoms with Crippen LogP contribution < -0.4 is 0 Å². The van der Waals surface area contributed by atoms with Crippen molar-refractivity contribution in [2.24, 2.45) is 34.5 Å². The highest BCUT2D eigenvalue weighted by molar-refractivity contribution is 5.51. The fourth-order valence-corrected chi connectivity index (χ4v) is 6.91. The predicted molar refractivity (Wildman–Crippen MR) is 108 cm³/mol. The topological polar surface area (TPSA) is 0 Å². The van der Waals surface area contributed by atoms with Crippen molar-refractivity contribution in [1.82, 2.24) is 0 Å². The first-order valence-corrected chi connectivity index (χ1v) is 10.3. The fourth-order valence-electron chi connectivity index (χ4n) is 6.91. The van der Waals surface area contributed by atoms with Gasteiger partial charge < -0.3 is 0 Å². The molecule has 5 unspecified atom stereocenters. The van der Waals surface area contributed by atoms with Gasteiger partial charge in [-0.1, -0.05) is 75.0 Å². The third-order valence-electron chi connectivity index (χ3n) is 8.31. The minimum absolute atomic E-state index is 0.130. The van der Waals surface area contributed by atoms with E-state index in [9.17, 15) is 0 Å². The molecule has 0 heterocycles. The molecule has 0 aromatic carbocycles. The molecule has 0 radical (unpaired) electrons. The van der Waals surface area contributed by atoms with Crippen LogP contribution in [0.4, 0.5) is 0 Å². The van der Waals surface area contributed by atoms with Gasteiger partial charge in [0, 0.05) is 5.41 Å². The van der Waals surface area contributed by atoms with Crippen LogP contribution in [0.25, 0.3) is 0 Å². The summed E-state index contributed by atoms with van der Waals surface area (Å²) in [6.07, 6.45) is 16.1. The van der Waals surface area contributed by atoms with E-state index in [2.05, 4.69) is 65.2 Å². The van der Waals surface area contributed by atoms with Gasteiger partial charge in [0.05, 0.1) is 0 Å². The summed E-state index contributed by atoms with van der Waals surface area (Å²) >= 11 is 0. The zero-order valence-electron chi connectivity index (χ0n) is 16.6. The maximum Gasteiger partial charge on any atom is 0.0284 e. The van der Waals surface area contributed by atoms with E-state index in [4.69, 9.17) is 0 Å². The lowest BCUT2D eigenvalue weighted by atomic mass is 9.50. The van der Waals surface area contributed by atoms with Crippen LogP contribution in [0, 0.1) is 34.5 Å². The van der Waals surface area contributed by atoms with E-state index < -0.39 is 0 Å². The van der Waals surface area contributed by atoms with Crippen LogP contribution in [0.5, 0.6) is 0 Å². The maximum atomic E-state index is 4.45. The van der Waals surface area contributed by atoms with Crippen molar-refractivity contribution in [3.8, 4) is 0 Å². The molecule has 6 atom stereocenters. The summed E-state index contributed by atoms with van der Waals surface area (Å²) in [5, 5.41) is 0. The molecule has 0 aliphatic heterocycles. The van der Waals surface area contributed by atoms with Crippen LogP contribution in [0.3, 0.4) is 0 Å². The second-order valence-corrected chi connectivity index (χ2v) is 9.57. The predicted octanol–water partition coefficient (Wildman–Crippen LogP) is 7.03. The molecule has 4 aliphatic carbocycles. The molecule has 0 aromatic rings. The van der Waals surface area contributed by atoms with Gasteiger partial charge in [-0.15, -0.1) is 0 Å². The normalized spacial score (nSPS) is 45.2. The lowest BCUT2D eigenvalue weighted by Gasteiger charge is -2.54. The zero-order valence-corrected chi connectivity index (χ0v) is 16.6. The fraction of sp³-hybridized carbons (Fsp3) is 0.600. The molecule has 25 heavy (non-hydrogen) atoms. The largest absolute Gasteiger partial charge is 0.0996 e. The highest BCUT2D eigenvalue weighted by atomic mass is 14.6. The van der Waals surface area contributed by atoms with E-state index in [0.717, 1.165) is 24.2 Å². The van der Waals surface area contributed by atoms with Crippen molar-refractivity contribution in [3.63, 3.8) is 0 Å². The van der Waals surface area contributed by atoms with Gasteiger partial charge in [-0.2, -0.15) is 0 Å². The van der Waals surface area contributed by atoms with E-state index >= 15 is 0 Å². The van der Waals surface area contributed by atoms with Crippen LogP contribution in [-0.4, -0.2) is 0 Å². The summed E-state index contributed by atoms with van der Waals surface area (Å²) in [4.78, 5) is 0. The van der Waals surface area contributed by atoms with Crippen molar-refractivity contribution in [3.05, 3.63) is 59.8 Å². The molecule has 0 bridgehead atoms. The van der Waals surface area contributed by atoms with Crippen molar-refractivity contribution in [2.45, 2.75) is 59.8 Å². The quantitative estimate of drug-likeness (QED) is 0.475. The summed E-state index contributed by atoms with van der Waals surface area (Å²) in [5.74, 6) is 2.97. The average Bonchev–Trinajstić information content (AvgIpc) is 2.93. The Morgan fingerprint density at radius 3 is 2.72 bits per heavy atom. The first kappa shape index (κ1) is 17.1. The van der Waals surface area contributed by atoms with Gasteiger partial charge in [0.15, 0.2) is 0 Å². The van der Waals surface area contributed by atoms with E-state index in [-0.39, 0.29) is 5.41 Å². The summed E-state index contributed by atoms with van der Waals surface area (Å²) in [6, 6.07) is 0. The van der Waals surface area contributed by atoms with Crippen LogP contribution in [0.15, 0.2) is 59.8 Å². The number of hydrogen-bond donors (Lipinski definition) is 0. The molecule has 0 spiro atoms. The molecule has 0 amide bonds. The Morgan fingerprint density at radius 2 is 2.00 bits per heavy atom. The highest BCUT2D eigenvalue weighted by Crippen LogP contribution is 2.65. The third-order valence-corrected chi connectivity index (χ3v) is 8.31. The van der Waals surface area contributed by atoms with Gasteiger partial charge in [-0.25, -0.2) is 0 Å². The lowest BCUT2D eigenvalue weighted by molar-refractivity contribution is 0.0944. The average molecular weight is 335 g/mol. The Morgan fingerprint density at radius 1 is 1.24 bits per heavy atom. The molecule has 2 fully saturated rings. The Labute approximate surface area is 154 Å². The lowest BCUT2D eigenvalue weighted by Crippen LogP contribution is -2.45. The summed E-state index contributed by atoms with van der Waals surface area (Å²) in [7, 11) is 0. The van der Waals surface area contributed by atoms with Crippen molar-refractivity contribution in [1.29, 1.82) is 0 Å². The van der Waals surface area contributed by atoms with Crippen LogP contribution >= 0.6 is 0 Å². The van der Waals surface area contributed by atoms with E-state index in [1.165, 1.54) is 36.8 Å². The molecule has 0 aromatic heterocycles. The highest BCUT2D eigenvalue weighted by Gasteiger charge is 2.56. The minimum atomic E-state index is 0.130. The molecular weight excluding hydrogens is 300 g/mol. The molecule has 2 saturated carbocycles. The Hall–Kier alpha value is -1.30. The Balaban J connectivity index is 1.76. The summed E-state index contributed by atoms with van der Waals surface area (Å²) in [6.45, 7) is 18.4. The molecule has 4 rings (SSSR count). The van der Waals surface area contributed by atoms with Crippen LogP contribution in [-0.2, 0) is 0 Å². The maximum absolute atomic E-state index is 4.45. The number of fused-ring (bicyclic) bond motifs is 5. The molecule has 134 valence electrons. The van der Waals surface area contributed by atoms with Gasteiger partial charge in [0.2, 0.25) is 0 Å². The van der Waals surface area contributed by atoms with Crippen molar-refractivity contribution < 1.29 is 0 Å². The minimum Gasteiger partial charge on any atom is -0.0996 e. The number of allylic oxidation sites excluding steroid dienone is 8. The first-order chi connectivity index (χ1) is 11.8. The van der Waals surface area contributed by atoms with Gasteiger partial charge >= 0.3 is 0 Å². The molecule has 0 nitrogen and oxygen atoms in total. The Kier molecular flexibility index (Phi) is 3.84. The Bertz CT molecular complexity index is 714. The monoisotopic (exact) mass is 334 g/mol. The van der Waals surface area contributed by atoms with E-state index in [1.54, 1.807) is 11.1 Å². The summed E-state index contributed by atoms with van der Waals surface area (Å²) < 4.78 is 0. The van der Waals surface area contributed by atoms with Gasteiger partial charge in [0.25, 0.3) is 0 Å². The molecule has 0 N–H and O–H groups in total. The zero-order chi connectivity index (χ0) is 18.0. The van der Waals surface area contributed by atoms with Crippen LogP contribution in [0.1, 0.15) is 59.8 Å². The second kappa shape index (κ2) is 5.60. The van der Waals surface area contributed by atoms with E-state index in [1.807, 2.05) is 0 Å².